The Bertz CT molecular complexity index is 561. The van der Waals surface area contributed by atoms with Crippen molar-refractivity contribution >= 4 is 5.95 Å². The number of methoxy groups -OCH3 is 1. The first-order valence-electron chi connectivity index (χ1n) is 6.57. The van der Waals surface area contributed by atoms with Gasteiger partial charge >= 0.3 is 0 Å². The molecular weight excluding hydrogens is 238 g/mol. The topological polar surface area (TPSA) is 49.9 Å². The number of hydrogen-bond donors (Lipinski definition) is 2. The highest BCUT2D eigenvalue weighted by Gasteiger charge is 2.10. The van der Waals surface area contributed by atoms with Gasteiger partial charge in [-0.25, -0.2) is 4.98 Å². The van der Waals surface area contributed by atoms with Crippen molar-refractivity contribution in [3.63, 3.8) is 0 Å². The molecule has 19 heavy (non-hydrogen) atoms. The van der Waals surface area contributed by atoms with Crippen molar-refractivity contribution in [2.24, 2.45) is 0 Å². The van der Waals surface area contributed by atoms with E-state index < -0.39 is 0 Å². The summed E-state index contributed by atoms with van der Waals surface area (Å²) in [7, 11) is 3.57. The largest absolute Gasteiger partial charge is 0.496 e. The second kappa shape index (κ2) is 5.78. The Hall–Kier alpha value is -1.97. The van der Waals surface area contributed by atoms with Gasteiger partial charge in [0, 0.05) is 24.7 Å². The van der Waals surface area contributed by atoms with E-state index >= 15 is 0 Å². The molecule has 0 spiro atoms. The Morgan fingerprint density at radius 3 is 2.74 bits per heavy atom. The number of aromatic nitrogens is 2. The number of nitrogens with one attached hydrogen (secondary N) is 2. The quantitative estimate of drug-likeness (QED) is 0.868. The average molecular weight is 259 g/mol. The molecule has 1 heterocycles. The third kappa shape index (κ3) is 2.89. The lowest BCUT2D eigenvalue weighted by atomic mass is 10.0. The number of rotatable bonds is 5. The number of ether oxygens (including phenoxy) is 1. The molecule has 1 aromatic heterocycles. The minimum atomic E-state index is 0.779. The molecule has 0 saturated heterocycles. The fraction of sp³-hybridized carbons (Fsp3) is 0.400. The van der Waals surface area contributed by atoms with Crippen LogP contribution < -0.4 is 10.1 Å². The molecule has 2 rings (SSSR count). The van der Waals surface area contributed by atoms with E-state index in [1.54, 1.807) is 7.11 Å². The van der Waals surface area contributed by atoms with Gasteiger partial charge in [0.25, 0.3) is 0 Å². The molecule has 4 heteroatoms. The van der Waals surface area contributed by atoms with Crippen LogP contribution in [0.3, 0.4) is 0 Å². The van der Waals surface area contributed by atoms with Crippen molar-refractivity contribution in [2.75, 3.05) is 19.5 Å². The molecule has 1 aromatic carbocycles. The van der Waals surface area contributed by atoms with Crippen LogP contribution >= 0.6 is 0 Å². The van der Waals surface area contributed by atoms with Gasteiger partial charge in [0.15, 0.2) is 5.95 Å². The van der Waals surface area contributed by atoms with E-state index in [9.17, 15) is 0 Å². The molecular formula is C15H21N3O. The first-order chi connectivity index (χ1) is 9.17. The molecule has 0 aliphatic heterocycles. The number of aryl methyl sites for hydroxylation is 2. The maximum atomic E-state index is 5.44. The molecule has 0 amide bonds. The number of hydrogen-bond acceptors (Lipinski definition) is 3. The Balaban J connectivity index is 2.33. The zero-order valence-corrected chi connectivity index (χ0v) is 12.0. The molecule has 0 atom stereocenters. The van der Waals surface area contributed by atoms with Crippen LogP contribution in [0.25, 0.3) is 0 Å². The molecule has 0 bridgehead atoms. The SMILES string of the molecule is CCc1ccc(OC)c(Cc2nc(NC)[nH]c2C)c1. The van der Waals surface area contributed by atoms with E-state index in [0.717, 1.165) is 35.9 Å². The highest BCUT2D eigenvalue weighted by molar-refractivity contribution is 5.41. The summed E-state index contributed by atoms with van der Waals surface area (Å²) >= 11 is 0. The summed E-state index contributed by atoms with van der Waals surface area (Å²) in [6.07, 6.45) is 1.80. The summed E-state index contributed by atoms with van der Waals surface area (Å²) in [4.78, 5) is 7.75. The molecule has 0 fully saturated rings. The van der Waals surface area contributed by atoms with E-state index in [0.29, 0.717) is 0 Å². The number of nitrogens with zero attached hydrogens (tertiary/aromatic N) is 1. The second-order valence-corrected chi connectivity index (χ2v) is 4.58. The Labute approximate surface area is 114 Å². The van der Waals surface area contributed by atoms with E-state index in [4.69, 9.17) is 4.74 Å². The van der Waals surface area contributed by atoms with Gasteiger partial charge in [-0.15, -0.1) is 0 Å². The van der Waals surface area contributed by atoms with Gasteiger partial charge in [-0.1, -0.05) is 19.1 Å². The van der Waals surface area contributed by atoms with E-state index in [2.05, 4.69) is 34.3 Å². The first kappa shape index (κ1) is 13.5. The summed E-state index contributed by atoms with van der Waals surface area (Å²) in [5.74, 6) is 1.73. The minimum Gasteiger partial charge on any atom is -0.496 e. The van der Waals surface area contributed by atoms with Crippen molar-refractivity contribution in [1.29, 1.82) is 0 Å². The summed E-state index contributed by atoms with van der Waals surface area (Å²) < 4.78 is 5.44. The Morgan fingerprint density at radius 1 is 1.37 bits per heavy atom. The van der Waals surface area contributed by atoms with Crippen LogP contribution in [-0.2, 0) is 12.8 Å². The molecule has 4 nitrogen and oxygen atoms in total. The Morgan fingerprint density at radius 2 is 2.16 bits per heavy atom. The van der Waals surface area contributed by atoms with Crippen molar-refractivity contribution in [2.45, 2.75) is 26.7 Å². The fourth-order valence-electron chi connectivity index (χ4n) is 2.16. The summed E-state index contributed by atoms with van der Waals surface area (Å²) in [5, 5.41) is 3.03. The normalized spacial score (nSPS) is 10.5. The van der Waals surface area contributed by atoms with Crippen LogP contribution in [0, 0.1) is 6.92 Å². The molecule has 0 radical (unpaired) electrons. The summed E-state index contributed by atoms with van der Waals surface area (Å²) in [6, 6.07) is 6.35. The molecule has 102 valence electrons. The smallest absolute Gasteiger partial charge is 0.200 e. The second-order valence-electron chi connectivity index (χ2n) is 4.58. The average Bonchev–Trinajstić information content (AvgIpc) is 2.79. The predicted molar refractivity (Wildman–Crippen MR) is 78.0 cm³/mol. The van der Waals surface area contributed by atoms with Gasteiger partial charge in [0.1, 0.15) is 5.75 Å². The van der Waals surface area contributed by atoms with Crippen molar-refractivity contribution in [3.8, 4) is 5.75 Å². The number of H-pyrrole nitrogens is 1. The lowest BCUT2D eigenvalue weighted by molar-refractivity contribution is 0.410. The molecule has 0 aliphatic rings. The Kier molecular flexibility index (Phi) is 4.10. The summed E-state index contributed by atoms with van der Waals surface area (Å²) in [6.45, 7) is 4.20. The van der Waals surface area contributed by atoms with Crippen molar-refractivity contribution in [3.05, 3.63) is 40.7 Å². The van der Waals surface area contributed by atoms with Crippen molar-refractivity contribution < 1.29 is 4.74 Å². The van der Waals surface area contributed by atoms with Crippen LogP contribution in [0.15, 0.2) is 18.2 Å². The molecule has 0 unspecified atom stereocenters. The van der Waals surface area contributed by atoms with Gasteiger partial charge in [0.2, 0.25) is 0 Å². The van der Waals surface area contributed by atoms with Crippen LogP contribution in [-0.4, -0.2) is 24.1 Å². The van der Waals surface area contributed by atoms with E-state index in [1.807, 2.05) is 20.0 Å². The predicted octanol–water partition coefficient (Wildman–Crippen LogP) is 2.92. The minimum absolute atomic E-state index is 0.779. The van der Waals surface area contributed by atoms with Gasteiger partial charge in [0.05, 0.1) is 12.8 Å². The lowest BCUT2D eigenvalue weighted by Gasteiger charge is -2.09. The standard InChI is InChI=1S/C15H21N3O/c1-5-11-6-7-14(19-4)12(8-11)9-13-10(2)17-15(16-3)18-13/h6-8H,5,9H2,1-4H3,(H2,16,17,18). The van der Waals surface area contributed by atoms with Gasteiger partial charge in [-0.05, 0) is 25.0 Å². The highest BCUT2D eigenvalue weighted by atomic mass is 16.5. The van der Waals surface area contributed by atoms with Gasteiger partial charge < -0.3 is 15.0 Å². The highest BCUT2D eigenvalue weighted by Crippen LogP contribution is 2.24. The first-order valence-corrected chi connectivity index (χ1v) is 6.57. The zero-order chi connectivity index (χ0) is 13.8. The van der Waals surface area contributed by atoms with Crippen LogP contribution in [0.1, 0.15) is 29.4 Å². The molecule has 2 N–H and O–H groups in total. The van der Waals surface area contributed by atoms with Gasteiger partial charge in [-0.2, -0.15) is 0 Å². The number of anilines is 1. The van der Waals surface area contributed by atoms with E-state index in [1.165, 1.54) is 11.1 Å². The third-order valence-electron chi connectivity index (χ3n) is 3.33. The molecule has 0 saturated carbocycles. The molecule has 0 aliphatic carbocycles. The third-order valence-corrected chi connectivity index (χ3v) is 3.33. The number of benzene rings is 1. The fourth-order valence-corrected chi connectivity index (χ4v) is 2.16. The number of aromatic amines is 1. The monoisotopic (exact) mass is 259 g/mol. The van der Waals surface area contributed by atoms with Crippen LogP contribution in [0.2, 0.25) is 0 Å². The zero-order valence-electron chi connectivity index (χ0n) is 12.0. The van der Waals surface area contributed by atoms with E-state index in [-0.39, 0.29) is 0 Å². The van der Waals surface area contributed by atoms with Crippen molar-refractivity contribution in [1.82, 2.24) is 9.97 Å². The maximum absolute atomic E-state index is 5.44. The molecule has 2 aromatic rings. The van der Waals surface area contributed by atoms with Crippen LogP contribution in [0.5, 0.6) is 5.75 Å². The summed E-state index contributed by atoms with van der Waals surface area (Å²) in [5.41, 5.74) is 4.64. The number of imidazole rings is 1. The maximum Gasteiger partial charge on any atom is 0.200 e. The van der Waals surface area contributed by atoms with Gasteiger partial charge in [-0.3, -0.25) is 0 Å². The lowest BCUT2D eigenvalue weighted by Crippen LogP contribution is -1.97. The van der Waals surface area contributed by atoms with Crippen LogP contribution in [0.4, 0.5) is 5.95 Å².